The molecule has 0 radical (unpaired) electrons. The molecule has 1 saturated carbocycles. The average molecular weight is 307 g/mol. The van der Waals surface area contributed by atoms with Crippen LogP contribution < -0.4 is 0 Å². The largest absolute Gasteiger partial charge is 0.444 e. The minimum absolute atomic E-state index is 0.0189. The predicted molar refractivity (Wildman–Crippen MR) is 76.8 cm³/mol. The Labute approximate surface area is 125 Å². The van der Waals surface area contributed by atoms with Gasteiger partial charge in [-0.1, -0.05) is 5.04 Å². The minimum Gasteiger partial charge on any atom is -0.444 e. The van der Waals surface area contributed by atoms with Gasteiger partial charge in [0, 0.05) is 31.4 Å². The van der Waals surface area contributed by atoms with Crippen molar-refractivity contribution >= 4 is 18.1 Å². The molecule has 7 heteroatoms. The molecule has 1 rings (SSSR count). The molecule has 0 aromatic carbocycles. The highest BCUT2D eigenvalue weighted by Gasteiger charge is 2.30. The van der Waals surface area contributed by atoms with Crippen LogP contribution in [0.2, 0.25) is 0 Å². The summed E-state index contributed by atoms with van der Waals surface area (Å²) in [5.41, 5.74) is -0.464. The van der Waals surface area contributed by atoms with E-state index in [-0.39, 0.29) is 18.2 Å². The highest BCUT2D eigenvalue weighted by atomic mass is 32.2. The summed E-state index contributed by atoms with van der Waals surface area (Å²) >= 11 is 1.09. The van der Waals surface area contributed by atoms with Gasteiger partial charge in [0.15, 0.2) is 0 Å². The van der Waals surface area contributed by atoms with Gasteiger partial charge in [-0.15, -0.1) is 4.33 Å². The first-order chi connectivity index (χ1) is 9.33. The molecule has 0 atom stereocenters. The maximum Gasteiger partial charge on any atom is 0.410 e. The fourth-order valence-corrected chi connectivity index (χ4v) is 2.20. The minimum atomic E-state index is -0.464. The van der Waals surface area contributed by atoms with Crippen molar-refractivity contribution in [2.75, 3.05) is 13.3 Å². The Balaban J connectivity index is 2.31. The van der Waals surface area contributed by atoms with Gasteiger partial charge in [-0.2, -0.15) is 0 Å². The van der Waals surface area contributed by atoms with Crippen molar-refractivity contribution in [2.45, 2.75) is 64.2 Å². The van der Waals surface area contributed by atoms with Crippen molar-refractivity contribution < 1.29 is 23.8 Å². The molecular weight excluding hydrogens is 282 g/mol. The van der Waals surface area contributed by atoms with Crippen molar-refractivity contribution in [3.63, 3.8) is 0 Å². The number of nitrogens with zero attached hydrogens (tertiary/aromatic N) is 1. The molecule has 6 nitrogen and oxygen atoms in total. The number of carbonyl (C=O) groups excluding carboxylic acids is 1. The van der Waals surface area contributed by atoms with Gasteiger partial charge in [-0.25, -0.2) is 9.68 Å². The number of hydrogen-bond donors (Lipinski definition) is 0. The Morgan fingerprint density at radius 2 is 1.80 bits per heavy atom. The SMILES string of the molecule is CSOOOC1CCC(N(C)C(=O)OC(C)(C)C)CC1. The molecule has 0 aliphatic heterocycles. The first-order valence-corrected chi connectivity index (χ1v) is 7.97. The van der Waals surface area contributed by atoms with Crippen LogP contribution in [0.4, 0.5) is 4.79 Å². The molecule has 118 valence electrons. The fourth-order valence-electron chi connectivity index (χ4n) is 2.11. The quantitative estimate of drug-likeness (QED) is 0.336. The summed E-state index contributed by atoms with van der Waals surface area (Å²) in [5.74, 6) is 0. The Bertz CT molecular complexity index is 300. The van der Waals surface area contributed by atoms with Gasteiger partial charge in [-0.05, 0) is 46.5 Å². The van der Waals surface area contributed by atoms with E-state index in [0.717, 1.165) is 37.7 Å². The number of rotatable bonds is 5. The molecule has 1 amide bonds. The second kappa shape index (κ2) is 8.07. The third-order valence-corrected chi connectivity index (χ3v) is 3.34. The molecule has 20 heavy (non-hydrogen) atoms. The third-order valence-electron chi connectivity index (χ3n) is 3.14. The van der Waals surface area contributed by atoms with Crippen LogP contribution in [-0.4, -0.2) is 42.0 Å². The van der Waals surface area contributed by atoms with Crippen molar-refractivity contribution in [3.05, 3.63) is 0 Å². The molecule has 1 fully saturated rings. The standard InChI is InChI=1S/C13H25NO5S/c1-13(2,3)16-12(15)14(4)10-6-8-11(9-7-10)17-18-19-20-5/h10-11H,6-9H2,1-5H3. The summed E-state index contributed by atoms with van der Waals surface area (Å²) in [5, 5.41) is 4.59. The Hall–Kier alpha value is -0.500. The second-order valence-corrected chi connectivity index (χ2v) is 6.39. The van der Waals surface area contributed by atoms with Crippen LogP contribution in [0.3, 0.4) is 0 Å². The summed E-state index contributed by atoms with van der Waals surface area (Å²) in [4.78, 5) is 18.8. The number of carbonyl (C=O) groups is 1. The van der Waals surface area contributed by atoms with Gasteiger partial charge in [0.1, 0.15) is 5.60 Å². The van der Waals surface area contributed by atoms with E-state index in [4.69, 9.17) is 9.62 Å². The van der Waals surface area contributed by atoms with Gasteiger partial charge in [-0.3, -0.25) is 0 Å². The predicted octanol–water partition coefficient (Wildman–Crippen LogP) is 3.32. The maximum absolute atomic E-state index is 12.0. The van der Waals surface area contributed by atoms with Gasteiger partial charge >= 0.3 is 6.09 Å². The highest BCUT2D eigenvalue weighted by molar-refractivity contribution is 7.93. The lowest BCUT2D eigenvalue weighted by molar-refractivity contribution is -0.479. The van der Waals surface area contributed by atoms with Crippen LogP contribution in [0, 0.1) is 0 Å². The Kier molecular flexibility index (Phi) is 7.08. The zero-order valence-electron chi connectivity index (χ0n) is 12.9. The van der Waals surface area contributed by atoms with E-state index >= 15 is 0 Å². The van der Waals surface area contributed by atoms with Crippen LogP contribution in [0.25, 0.3) is 0 Å². The summed E-state index contributed by atoms with van der Waals surface area (Å²) in [6.45, 7) is 5.60. The zero-order chi connectivity index (χ0) is 15.2. The number of amides is 1. The number of hydrogen-bond acceptors (Lipinski definition) is 6. The van der Waals surface area contributed by atoms with Crippen LogP contribution in [0.1, 0.15) is 46.5 Å². The molecular formula is C13H25NO5S. The Morgan fingerprint density at radius 1 is 1.20 bits per heavy atom. The van der Waals surface area contributed by atoms with Crippen LogP contribution >= 0.6 is 12.0 Å². The molecule has 0 aromatic rings. The van der Waals surface area contributed by atoms with Crippen LogP contribution in [0.5, 0.6) is 0 Å². The van der Waals surface area contributed by atoms with E-state index in [1.165, 1.54) is 0 Å². The molecule has 1 aliphatic rings. The number of ether oxygens (including phenoxy) is 1. The first kappa shape index (κ1) is 17.6. The van der Waals surface area contributed by atoms with Crippen LogP contribution in [0.15, 0.2) is 0 Å². The van der Waals surface area contributed by atoms with E-state index in [9.17, 15) is 4.79 Å². The molecule has 0 spiro atoms. The molecule has 0 N–H and O–H groups in total. The summed E-state index contributed by atoms with van der Waals surface area (Å²) in [6.07, 6.45) is 4.88. The first-order valence-electron chi connectivity index (χ1n) is 6.82. The maximum atomic E-state index is 12.0. The Morgan fingerprint density at radius 3 is 2.30 bits per heavy atom. The molecule has 1 aliphatic carbocycles. The van der Waals surface area contributed by atoms with E-state index in [2.05, 4.69) is 9.37 Å². The fraction of sp³-hybridized carbons (Fsp3) is 0.923. The van der Waals surface area contributed by atoms with Crippen molar-refractivity contribution in [1.82, 2.24) is 4.90 Å². The monoisotopic (exact) mass is 307 g/mol. The van der Waals surface area contributed by atoms with E-state index < -0.39 is 5.60 Å². The molecule has 0 aromatic heterocycles. The highest BCUT2D eigenvalue weighted by Crippen LogP contribution is 2.26. The smallest absolute Gasteiger partial charge is 0.410 e. The van der Waals surface area contributed by atoms with Gasteiger partial charge < -0.3 is 9.64 Å². The zero-order valence-corrected chi connectivity index (χ0v) is 13.7. The lowest BCUT2D eigenvalue weighted by Gasteiger charge is -2.34. The molecule has 0 bridgehead atoms. The molecule has 0 saturated heterocycles. The van der Waals surface area contributed by atoms with E-state index in [1.54, 1.807) is 18.2 Å². The summed E-state index contributed by atoms with van der Waals surface area (Å²) in [7, 11) is 1.78. The summed E-state index contributed by atoms with van der Waals surface area (Å²) < 4.78 is 9.98. The normalized spacial score (nSPS) is 23.4. The summed E-state index contributed by atoms with van der Waals surface area (Å²) in [6, 6.07) is 0.186. The second-order valence-electron chi connectivity index (χ2n) is 5.92. The van der Waals surface area contributed by atoms with Crippen molar-refractivity contribution in [1.29, 1.82) is 0 Å². The topological polar surface area (TPSA) is 57.2 Å². The third kappa shape index (κ3) is 6.30. The average Bonchev–Trinajstić information content (AvgIpc) is 2.37. The lowest BCUT2D eigenvalue weighted by atomic mass is 9.92. The molecule has 0 unspecified atom stereocenters. The van der Waals surface area contributed by atoms with E-state index in [0.29, 0.717) is 0 Å². The van der Waals surface area contributed by atoms with Crippen molar-refractivity contribution in [2.24, 2.45) is 0 Å². The van der Waals surface area contributed by atoms with Crippen molar-refractivity contribution in [3.8, 4) is 0 Å². The van der Waals surface area contributed by atoms with Crippen LogP contribution in [-0.2, 0) is 19.0 Å². The van der Waals surface area contributed by atoms with E-state index in [1.807, 2.05) is 20.8 Å². The molecule has 0 heterocycles. The van der Waals surface area contributed by atoms with Gasteiger partial charge in [0.2, 0.25) is 0 Å². The van der Waals surface area contributed by atoms with Gasteiger partial charge in [0.05, 0.1) is 6.10 Å². The lowest BCUT2D eigenvalue weighted by Crippen LogP contribution is -2.43. The van der Waals surface area contributed by atoms with Gasteiger partial charge in [0.25, 0.3) is 0 Å².